The van der Waals surface area contributed by atoms with Gasteiger partial charge in [0.1, 0.15) is 23.2 Å². The molecule has 2 heterocycles. The number of benzene rings is 1. The molecular formula is C33H46N6O7. The minimum Gasteiger partial charge on any atom is -0.460 e. The quantitative estimate of drug-likeness (QED) is 0.329. The predicted octanol–water partition coefficient (Wildman–Crippen LogP) is 3.38. The highest BCUT2D eigenvalue weighted by Gasteiger charge is 2.32. The van der Waals surface area contributed by atoms with Crippen LogP contribution in [0.15, 0.2) is 36.4 Å². The summed E-state index contributed by atoms with van der Waals surface area (Å²) < 4.78 is 10.5. The molecule has 13 heteroatoms. The third-order valence-electron chi connectivity index (χ3n) is 7.82. The second-order valence-electron chi connectivity index (χ2n) is 12.6. The maximum Gasteiger partial charge on any atom is 0.409 e. The van der Waals surface area contributed by atoms with Crippen molar-refractivity contribution < 1.29 is 33.8 Å². The molecule has 4 rings (SSSR count). The van der Waals surface area contributed by atoms with E-state index in [1.165, 1.54) is 4.90 Å². The lowest BCUT2D eigenvalue weighted by atomic mass is 9.93. The van der Waals surface area contributed by atoms with Crippen LogP contribution in [0.25, 0.3) is 11.4 Å². The van der Waals surface area contributed by atoms with Crippen LogP contribution < -0.4 is 10.6 Å². The van der Waals surface area contributed by atoms with Crippen molar-refractivity contribution in [2.75, 3.05) is 38.1 Å². The van der Waals surface area contributed by atoms with E-state index in [-0.39, 0.29) is 69.4 Å². The maximum atomic E-state index is 13.8. The fourth-order valence-corrected chi connectivity index (χ4v) is 5.47. The van der Waals surface area contributed by atoms with E-state index in [9.17, 15) is 24.3 Å². The van der Waals surface area contributed by atoms with Crippen molar-refractivity contribution in [3.63, 3.8) is 0 Å². The number of piperazine rings is 1. The highest BCUT2D eigenvalue weighted by atomic mass is 16.6. The Hall–Kier alpha value is -4.26. The molecule has 1 unspecified atom stereocenters. The summed E-state index contributed by atoms with van der Waals surface area (Å²) in [5, 5.41) is 16.2. The monoisotopic (exact) mass is 638 g/mol. The zero-order chi connectivity index (χ0) is 33.3. The molecule has 1 aromatic carbocycles. The molecule has 2 aromatic rings. The number of carbonyl (C=O) groups is 4. The van der Waals surface area contributed by atoms with Crippen molar-refractivity contribution in [3.8, 4) is 11.4 Å². The number of anilines is 1. The Balaban J connectivity index is 1.54. The fourth-order valence-electron chi connectivity index (χ4n) is 5.47. The summed E-state index contributed by atoms with van der Waals surface area (Å²) in [5.74, 6) is -0.624. The lowest BCUT2D eigenvalue weighted by molar-refractivity contribution is -0.155. The number of ether oxygens (including phenoxy) is 2. The highest BCUT2D eigenvalue weighted by molar-refractivity contribution is 5.97. The summed E-state index contributed by atoms with van der Waals surface area (Å²) in [5.41, 5.74) is 0.0865. The number of rotatable bonds is 10. The Morgan fingerprint density at radius 1 is 0.978 bits per heavy atom. The van der Waals surface area contributed by atoms with Gasteiger partial charge in [-0.25, -0.2) is 14.8 Å². The molecule has 0 radical (unpaired) electrons. The second kappa shape index (κ2) is 15.8. The van der Waals surface area contributed by atoms with Gasteiger partial charge in [0.2, 0.25) is 5.91 Å². The first-order valence-corrected chi connectivity index (χ1v) is 16.0. The Bertz CT molecular complexity index is 1350. The molecule has 0 bridgehead atoms. The van der Waals surface area contributed by atoms with Crippen LogP contribution >= 0.6 is 0 Å². The molecule has 13 nitrogen and oxygen atoms in total. The molecule has 3 amide bonds. The molecule has 1 aromatic heterocycles. The summed E-state index contributed by atoms with van der Waals surface area (Å²) >= 11 is 0. The SMILES string of the molecule is CCOC(=O)N1CCN(C(=O)C(CCC(=O)OC(C)(C)C)NC(=O)c2cc(NC3CCC(O)CC3)nc(-c3ccccc3)n2)CC1. The van der Waals surface area contributed by atoms with Crippen molar-refractivity contribution in [2.45, 2.75) is 90.0 Å². The van der Waals surface area contributed by atoms with Gasteiger partial charge in [0.25, 0.3) is 5.91 Å². The molecule has 1 aliphatic carbocycles. The molecule has 1 saturated carbocycles. The first-order chi connectivity index (χ1) is 21.9. The lowest BCUT2D eigenvalue weighted by Crippen LogP contribution is -2.56. The van der Waals surface area contributed by atoms with Gasteiger partial charge in [-0.3, -0.25) is 14.4 Å². The minimum atomic E-state index is -1.04. The van der Waals surface area contributed by atoms with Gasteiger partial charge < -0.3 is 35.0 Å². The van der Waals surface area contributed by atoms with Gasteiger partial charge in [-0.05, 0) is 59.8 Å². The minimum absolute atomic E-state index is 0.0176. The van der Waals surface area contributed by atoms with Gasteiger partial charge in [0.15, 0.2) is 5.82 Å². The molecule has 0 spiro atoms. The number of aromatic nitrogens is 2. The molecular weight excluding hydrogens is 592 g/mol. The first kappa shape index (κ1) is 34.6. The van der Waals surface area contributed by atoms with Crippen LogP contribution in [0.3, 0.4) is 0 Å². The molecule has 2 fully saturated rings. The first-order valence-electron chi connectivity index (χ1n) is 16.0. The fraction of sp³-hybridized carbons (Fsp3) is 0.576. The van der Waals surface area contributed by atoms with Crippen LogP contribution in [-0.4, -0.2) is 105 Å². The number of carbonyl (C=O) groups excluding carboxylic acids is 4. The van der Waals surface area contributed by atoms with Crippen molar-refractivity contribution in [1.82, 2.24) is 25.1 Å². The Morgan fingerprint density at radius 2 is 1.63 bits per heavy atom. The Labute approximate surface area is 270 Å². The summed E-state index contributed by atoms with van der Waals surface area (Å²) in [4.78, 5) is 64.6. The van der Waals surface area contributed by atoms with Crippen LogP contribution in [0.1, 0.15) is 76.7 Å². The molecule has 3 N–H and O–H groups in total. The van der Waals surface area contributed by atoms with Crippen molar-refractivity contribution in [1.29, 1.82) is 0 Å². The topological polar surface area (TPSA) is 163 Å². The number of hydrogen-bond acceptors (Lipinski definition) is 10. The van der Waals surface area contributed by atoms with Gasteiger partial charge in [0.05, 0.1) is 12.7 Å². The number of nitrogens with zero attached hydrogens (tertiary/aromatic N) is 4. The number of aliphatic hydroxyl groups is 1. The normalized spacial score (nSPS) is 19.2. The largest absolute Gasteiger partial charge is 0.460 e. The molecule has 46 heavy (non-hydrogen) atoms. The van der Waals surface area contributed by atoms with Gasteiger partial charge in [0, 0.05) is 50.3 Å². The van der Waals surface area contributed by atoms with Crippen LogP contribution in [-0.2, 0) is 19.1 Å². The number of hydrogen-bond donors (Lipinski definition) is 3. The van der Waals surface area contributed by atoms with Crippen molar-refractivity contribution in [3.05, 3.63) is 42.1 Å². The zero-order valence-electron chi connectivity index (χ0n) is 27.2. The van der Waals surface area contributed by atoms with E-state index in [4.69, 9.17) is 9.47 Å². The van der Waals surface area contributed by atoms with E-state index in [0.717, 1.165) is 18.4 Å². The second-order valence-corrected chi connectivity index (χ2v) is 12.6. The summed E-state index contributed by atoms with van der Waals surface area (Å²) in [6, 6.07) is 9.87. The van der Waals surface area contributed by atoms with Crippen molar-refractivity contribution in [2.24, 2.45) is 0 Å². The molecule has 1 saturated heterocycles. The third-order valence-corrected chi connectivity index (χ3v) is 7.82. The standard InChI is InChI=1S/C33H46N6O7/c1-5-45-32(44)39-19-17-38(18-20-39)31(43)25(15-16-28(41)46-33(2,3)4)36-30(42)26-21-27(34-23-11-13-24(40)14-12-23)37-29(35-26)22-9-7-6-8-10-22/h6-10,21,23-25,40H,5,11-20H2,1-4H3,(H,36,42)(H,34,35,37). The average Bonchev–Trinajstić information content (AvgIpc) is 3.03. The van der Waals surface area contributed by atoms with Crippen LogP contribution in [0.4, 0.5) is 10.6 Å². The van der Waals surface area contributed by atoms with Gasteiger partial charge in [-0.2, -0.15) is 0 Å². The van der Waals surface area contributed by atoms with Crippen LogP contribution in [0.5, 0.6) is 0 Å². The molecule has 2 aliphatic rings. The van der Waals surface area contributed by atoms with Crippen LogP contribution in [0, 0.1) is 0 Å². The average molecular weight is 639 g/mol. The van der Waals surface area contributed by atoms with Gasteiger partial charge in [-0.1, -0.05) is 30.3 Å². The maximum absolute atomic E-state index is 13.8. The predicted molar refractivity (Wildman–Crippen MR) is 171 cm³/mol. The summed E-state index contributed by atoms with van der Waals surface area (Å²) in [6.45, 7) is 8.37. The van der Waals surface area contributed by atoms with Gasteiger partial charge >= 0.3 is 12.1 Å². The molecule has 1 atom stereocenters. The number of aliphatic hydroxyl groups excluding tert-OH is 1. The van der Waals surface area contributed by atoms with E-state index >= 15 is 0 Å². The summed E-state index contributed by atoms with van der Waals surface area (Å²) in [6.07, 6.45) is 2.06. The van der Waals surface area contributed by atoms with Gasteiger partial charge in [-0.15, -0.1) is 0 Å². The van der Waals surface area contributed by atoms with Crippen LogP contribution in [0.2, 0.25) is 0 Å². The zero-order valence-corrected chi connectivity index (χ0v) is 27.2. The van der Waals surface area contributed by atoms with E-state index in [1.807, 2.05) is 30.3 Å². The number of amides is 3. The van der Waals surface area contributed by atoms with E-state index in [0.29, 0.717) is 24.5 Å². The Kier molecular flexibility index (Phi) is 11.9. The number of esters is 1. The molecule has 1 aliphatic heterocycles. The Morgan fingerprint density at radius 3 is 2.26 bits per heavy atom. The van der Waals surface area contributed by atoms with E-state index in [2.05, 4.69) is 20.6 Å². The lowest BCUT2D eigenvalue weighted by Gasteiger charge is -2.36. The highest BCUT2D eigenvalue weighted by Crippen LogP contribution is 2.24. The number of nitrogens with one attached hydrogen (secondary N) is 2. The summed E-state index contributed by atoms with van der Waals surface area (Å²) in [7, 11) is 0. The molecule has 250 valence electrons. The van der Waals surface area contributed by atoms with E-state index in [1.54, 1.807) is 38.7 Å². The van der Waals surface area contributed by atoms with Crippen molar-refractivity contribution >= 4 is 29.7 Å². The smallest absolute Gasteiger partial charge is 0.409 e. The third kappa shape index (κ3) is 10.1. The van der Waals surface area contributed by atoms with E-state index < -0.39 is 29.6 Å².